The molecule has 133 heavy (non-hydrogen) atoms. The summed E-state index contributed by atoms with van der Waals surface area (Å²) in [5, 5.41) is 29.4. The smallest absolute Gasteiger partial charge is 0.334 e. The third kappa shape index (κ3) is 18.0. The maximum absolute atomic E-state index is 16.1. The molecule has 33 heteroatoms. The van der Waals surface area contributed by atoms with E-state index in [1.54, 1.807) is 54.6 Å². The van der Waals surface area contributed by atoms with Crippen LogP contribution in [-0.2, 0) is 83.1 Å². The van der Waals surface area contributed by atoms with E-state index in [4.69, 9.17) is 94.3 Å². The maximum atomic E-state index is 16.1. The number of rotatable bonds is 13. The number of halogens is 10. The van der Waals surface area contributed by atoms with Gasteiger partial charge < -0.3 is 55.6 Å². The van der Waals surface area contributed by atoms with Crippen LogP contribution in [0, 0.1) is 78.5 Å². The Bertz CT molecular complexity index is 5570. The minimum Gasteiger partial charge on any atom is -0.481 e. The summed E-state index contributed by atoms with van der Waals surface area (Å²) in [6, 6.07) is 20.5. The molecule has 9 heterocycles. The monoisotopic (exact) mass is 1970 g/mol. The van der Waals surface area contributed by atoms with Gasteiger partial charge in [-0.15, -0.1) is 12.4 Å². The van der Waals surface area contributed by atoms with Crippen molar-refractivity contribution >= 4 is 152 Å². The Morgan fingerprint density at radius 3 is 0.992 bits per heavy atom. The molecular formula is C100H117Cl7F3N7O16. The molecule has 6 saturated carbocycles. The highest BCUT2D eigenvalue weighted by Crippen LogP contribution is 2.77. The molecule has 6 aromatic rings. The molecule has 23 nitrogen and oxygen atoms in total. The number of esters is 2. The van der Waals surface area contributed by atoms with Crippen molar-refractivity contribution in [2.45, 2.75) is 268 Å². The van der Waals surface area contributed by atoms with Crippen molar-refractivity contribution in [3.8, 4) is 0 Å². The normalized spacial score (nSPS) is 31.6. The maximum Gasteiger partial charge on any atom is 0.334 e. The fraction of sp³-hybridized carbons (Fsp3) is 0.580. The van der Waals surface area contributed by atoms with E-state index in [0.29, 0.717) is 115 Å². The van der Waals surface area contributed by atoms with E-state index in [0.717, 1.165) is 68.9 Å². The van der Waals surface area contributed by atoms with Crippen LogP contribution in [0.2, 0.25) is 30.5 Å². The van der Waals surface area contributed by atoms with Crippen LogP contribution in [0.1, 0.15) is 261 Å². The summed E-state index contributed by atoms with van der Waals surface area (Å²) in [6.45, 7) is 19.9. The average molecular weight is 1980 g/mol. The number of carbonyl (C=O) groups is 9. The Balaban J connectivity index is 0.000000151. The zero-order chi connectivity index (χ0) is 95.6. The number of ketones is 2. The second-order valence-electron chi connectivity index (χ2n) is 42.9. The Kier molecular flexibility index (Phi) is 28.7. The summed E-state index contributed by atoms with van der Waals surface area (Å²) in [6.07, 6.45) is 16.5. The number of carbonyl (C=O) groups excluding carboxylic acids is 7. The minimum atomic E-state index is -1.25. The number of nitrogens with zero attached hydrogens (tertiary/aromatic N) is 3. The molecule has 6 spiro atoms. The molecule has 12 aliphatic rings. The van der Waals surface area contributed by atoms with Crippen LogP contribution in [0.4, 0.5) is 30.2 Å². The van der Waals surface area contributed by atoms with E-state index < -0.39 is 132 Å². The third-order valence-electron chi connectivity index (χ3n) is 32.7. The van der Waals surface area contributed by atoms with Gasteiger partial charge in [0.25, 0.3) is 0 Å². The zero-order valence-electron chi connectivity index (χ0n) is 76.6. The van der Waals surface area contributed by atoms with Crippen molar-refractivity contribution in [2.24, 2.45) is 66.8 Å². The molecule has 9 fully saturated rings. The molecule has 7 N–H and O–H groups in total. The highest BCUT2D eigenvalue weighted by molar-refractivity contribution is 6.33. The van der Waals surface area contributed by atoms with Crippen molar-refractivity contribution in [3.63, 3.8) is 0 Å². The first-order chi connectivity index (χ1) is 62.0. The van der Waals surface area contributed by atoms with Gasteiger partial charge in [-0.05, 0) is 273 Å². The topological polar surface area (TPSA) is 341 Å². The van der Waals surface area contributed by atoms with Crippen LogP contribution >= 0.6 is 82.0 Å². The van der Waals surface area contributed by atoms with Gasteiger partial charge in [0.15, 0.2) is 51.2 Å². The number of benzene rings is 3. The van der Waals surface area contributed by atoms with Gasteiger partial charge in [0, 0.05) is 98.7 Å². The van der Waals surface area contributed by atoms with E-state index in [1.807, 2.05) is 32.9 Å². The number of hydrogen-bond acceptors (Lipinski definition) is 18. The number of carboxylic acid groups (broad SMARTS) is 2. The number of pyridine rings is 3. The summed E-state index contributed by atoms with van der Waals surface area (Å²) < 4.78 is 73.8. The Morgan fingerprint density at radius 2 is 0.714 bits per heavy atom. The van der Waals surface area contributed by atoms with Crippen LogP contribution in [0.15, 0.2) is 91.4 Å². The summed E-state index contributed by atoms with van der Waals surface area (Å²) in [4.78, 5) is 131. The van der Waals surface area contributed by atoms with Gasteiger partial charge in [-0.1, -0.05) is 143 Å². The number of anilines is 3. The van der Waals surface area contributed by atoms with E-state index >= 15 is 13.2 Å². The second kappa shape index (κ2) is 37.6. The number of fused-ring (bicyclic) bond motifs is 9. The highest BCUT2D eigenvalue weighted by atomic mass is 35.5. The predicted octanol–water partition coefficient (Wildman–Crippen LogP) is 21.4. The Morgan fingerprint density at radius 1 is 0.421 bits per heavy atom. The van der Waals surface area contributed by atoms with Crippen molar-refractivity contribution in [2.75, 3.05) is 50.0 Å². The van der Waals surface area contributed by atoms with Gasteiger partial charge in [-0.2, -0.15) is 0 Å². The number of methoxy groups -OCH3 is 2. The summed E-state index contributed by atoms with van der Waals surface area (Å²) in [5.74, 6) is -10.7. The van der Waals surface area contributed by atoms with Gasteiger partial charge in [-0.3, -0.25) is 28.8 Å². The van der Waals surface area contributed by atoms with Crippen LogP contribution in [0.25, 0.3) is 0 Å². The standard InChI is InChI=1S/C34H39Cl2FN2O5.C33H37Cl2FN2O5.C25H25Cl2FN2O3.C8H15NO3.ClH/c1-31(2)10-12-33(13-11-31)16-21(24(40)17-32(3)9-7-25(44-18-32)29(41)43-4)26(20-8-14-38-28(36)27(20)37)34(33)22-6-5-19(35)15-23(22)39-30(34)42;1-30(2)9-11-32(12-10-30)15-20(23(39)16-31(3)8-6-24(28(40)41)43-17-31)25(19-7-13-37-27(35)26(19)36)33(32)21-5-4-18(34)14-22(21)38-29(33)42;1-23(2)6-8-24(9-7-23)12-15(21(31)32)18(14-5-10-29-20(27)19(14)28)25(24)16-4-3-13(26)11-17(16)30-22(25)33;1-8(9)4-3-6(12-5-8)7(10)11-2;/h5-6,8,14-15,21,25-26H,7,9-13,16-18H2,1-4H3,(H,39,42);4-5,7,13-14,20,24-25H,6,8-12,15-17H2,1-3H3,(H,38,42)(H,40,41);3-5,10-11,15,18H,6-9,12H2,1-2H3,(H,30,33)(H,31,32);6H,3-5,9H2,1-2H3;1H/t21-,25-,26-,32?,34+;20-,24-,25-,31-,33+;15-,18+,25?;6-,8?;/m0010./s1. The van der Waals surface area contributed by atoms with E-state index in [9.17, 15) is 53.4 Å². The number of nitrogens with two attached hydrogens (primary N) is 1. The van der Waals surface area contributed by atoms with Gasteiger partial charge in [0.2, 0.25) is 17.7 Å². The lowest BCUT2D eigenvalue weighted by Crippen LogP contribution is -2.52. The number of ether oxygens (including phenoxy) is 5. The quantitative estimate of drug-likeness (QED) is 0.0462. The lowest BCUT2D eigenvalue weighted by molar-refractivity contribution is -0.163. The Hall–Kier alpha value is -7.60. The van der Waals surface area contributed by atoms with Crippen molar-refractivity contribution in [1.82, 2.24) is 15.0 Å². The van der Waals surface area contributed by atoms with E-state index in [2.05, 4.69) is 77.2 Å². The predicted molar refractivity (Wildman–Crippen MR) is 501 cm³/mol. The largest absolute Gasteiger partial charge is 0.481 e. The molecule has 718 valence electrons. The summed E-state index contributed by atoms with van der Waals surface area (Å²) >= 11 is 37.5. The number of nitrogens with one attached hydrogen (secondary N) is 3. The molecule has 18 rings (SSSR count). The van der Waals surface area contributed by atoms with Crippen molar-refractivity contribution < 1.29 is 90.2 Å². The minimum absolute atomic E-state index is 0. The second-order valence-corrected chi connectivity index (χ2v) is 45.3. The Labute approximate surface area is 809 Å². The first kappa shape index (κ1) is 101. The number of aliphatic carboxylic acids is 2. The van der Waals surface area contributed by atoms with Crippen molar-refractivity contribution in [1.29, 1.82) is 0 Å². The number of hydrogen-bond donors (Lipinski definition) is 6. The molecule has 3 saturated heterocycles. The first-order valence-corrected chi connectivity index (χ1v) is 47.9. The molecule has 3 aromatic heterocycles. The third-order valence-corrected chi connectivity index (χ3v) is 34.2. The molecule has 3 amide bonds. The van der Waals surface area contributed by atoms with Crippen LogP contribution in [-0.4, -0.2) is 136 Å². The summed E-state index contributed by atoms with van der Waals surface area (Å²) in [7, 11) is 2.69. The fourth-order valence-electron chi connectivity index (χ4n) is 25.6. The number of Topliss-reactive ketones (excluding diaryl/α,β-unsaturated/α-hetero) is 2. The highest BCUT2D eigenvalue weighted by Gasteiger charge is 2.77. The molecule has 0 radical (unpaired) electrons. The first-order valence-electron chi connectivity index (χ1n) is 45.6. The number of carboxylic acids is 2. The lowest BCUT2D eigenvalue weighted by atomic mass is 9.51. The molecule has 6 aliphatic heterocycles. The van der Waals surface area contributed by atoms with Gasteiger partial charge in [-0.25, -0.2) is 42.5 Å². The average Bonchev–Trinajstić information content (AvgIpc) is 1.52. The van der Waals surface area contributed by atoms with Crippen LogP contribution in [0.5, 0.6) is 0 Å². The van der Waals surface area contributed by atoms with Gasteiger partial charge >= 0.3 is 23.9 Å². The fourth-order valence-corrected chi connectivity index (χ4v) is 26.6. The molecular weight excluding hydrogens is 1860 g/mol. The van der Waals surface area contributed by atoms with Crippen molar-refractivity contribution in [3.05, 3.63) is 173 Å². The molecule has 15 atom stereocenters. The van der Waals surface area contributed by atoms with Crippen LogP contribution in [0.3, 0.4) is 0 Å². The summed E-state index contributed by atoms with van der Waals surface area (Å²) in [5.41, 5.74) is 3.63. The molecule has 3 aromatic carbocycles. The van der Waals surface area contributed by atoms with Crippen LogP contribution < -0.4 is 21.7 Å². The molecule has 3 unspecified atom stereocenters. The van der Waals surface area contributed by atoms with Gasteiger partial charge in [0.05, 0.1) is 56.2 Å². The number of aromatic nitrogens is 3. The zero-order valence-corrected chi connectivity index (χ0v) is 81.9. The van der Waals surface area contributed by atoms with Gasteiger partial charge in [0.1, 0.15) is 11.6 Å². The van der Waals surface area contributed by atoms with E-state index in [1.165, 1.54) is 38.9 Å². The molecule has 6 aliphatic carbocycles. The lowest BCUT2D eigenvalue weighted by Gasteiger charge is -2.51. The SMILES string of the molecule is CC1(C)CCC2(CC1)C[C@@H](C(=O)C[C@]1(C)CC[C@@H](C(=O)O)OC1)[C@H](c1ccnc(Cl)c1F)[C@]21C(=O)Nc2cc(Cl)ccc21.CC1(C)CCC2(CC1)C[C@@H](C(=O)O)[C@H](c1ccnc(Cl)c1F)C21C(=O)Nc2cc(Cl)ccc21.COC(=O)[C@@H]1CCC(C)(CC(=O)[C@@H]2CC3(CCC(C)(C)CC3)[C@@]3(C(=O)Nc4cc(Cl)ccc43)[C@H]2c2ccnc(Cl)c2F)CO1.COC(=O)[C@@H]1CCC(C)(N)CO1.Cl. The number of amides is 3. The van der Waals surface area contributed by atoms with E-state index in [-0.39, 0.29) is 134 Å². The molecule has 0 bridgehead atoms.